The molecule has 2 nitrogen and oxygen atoms in total. The molecule has 3 heterocycles. The molecular weight excluding hydrogens is 274 g/mol. The molecule has 78 valence electrons. The van der Waals surface area contributed by atoms with Crippen LogP contribution < -0.4 is 5.32 Å². The third-order valence-electron chi connectivity index (χ3n) is 2.67. The zero-order valence-electron chi connectivity index (χ0n) is 8.00. The Bertz CT molecular complexity index is 476. The summed E-state index contributed by atoms with van der Waals surface area (Å²) in [5, 5.41) is 3.52. The highest BCUT2D eigenvalue weighted by atomic mass is 79.9. The monoisotopic (exact) mass is 283 g/mol. The molecule has 4 heteroatoms. The van der Waals surface area contributed by atoms with Gasteiger partial charge in [-0.2, -0.15) is 0 Å². The third kappa shape index (κ3) is 1.67. The molecule has 0 spiro atoms. The predicted octanol–water partition coefficient (Wildman–Crippen LogP) is 3.34. The first-order chi connectivity index (χ1) is 7.34. The molecule has 1 unspecified atom stereocenters. The maximum Gasteiger partial charge on any atom is 0.110 e. The van der Waals surface area contributed by atoms with Gasteiger partial charge in [0.15, 0.2) is 0 Å². The molecule has 0 aliphatic carbocycles. The molecule has 0 saturated heterocycles. The van der Waals surface area contributed by atoms with E-state index in [2.05, 4.69) is 39.4 Å². The molecule has 1 aliphatic rings. The fourth-order valence-corrected chi connectivity index (χ4v) is 3.51. The normalized spacial score (nSPS) is 20.2. The first-order valence-corrected chi connectivity index (χ1v) is 6.50. The van der Waals surface area contributed by atoms with Gasteiger partial charge in [-0.05, 0) is 34.1 Å². The Hall–Kier alpha value is -0.580. The van der Waals surface area contributed by atoms with Crippen LogP contribution >= 0.6 is 27.3 Å². The summed E-state index contributed by atoms with van der Waals surface area (Å²) in [4.78, 5) is 1.34. The van der Waals surface area contributed by atoms with E-state index in [0.29, 0.717) is 6.04 Å². The Morgan fingerprint density at radius 2 is 2.33 bits per heavy atom. The average Bonchev–Trinajstić information content (AvgIpc) is 2.84. The van der Waals surface area contributed by atoms with Crippen molar-refractivity contribution in [2.24, 2.45) is 0 Å². The number of furan rings is 1. The number of nitrogens with one attached hydrogen (secondary N) is 1. The summed E-state index contributed by atoms with van der Waals surface area (Å²) in [6.07, 6.45) is 2.78. The quantitative estimate of drug-likeness (QED) is 0.869. The largest absolute Gasteiger partial charge is 0.469 e. The molecule has 0 aromatic carbocycles. The van der Waals surface area contributed by atoms with E-state index >= 15 is 0 Å². The van der Waals surface area contributed by atoms with Gasteiger partial charge in [0.05, 0.1) is 16.1 Å². The predicted molar refractivity (Wildman–Crippen MR) is 64.3 cm³/mol. The highest BCUT2D eigenvalue weighted by Gasteiger charge is 2.24. The molecule has 0 saturated carbocycles. The van der Waals surface area contributed by atoms with Crippen LogP contribution in [0.3, 0.4) is 0 Å². The Balaban J connectivity index is 2.02. The fourth-order valence-electron chi connectivity index (χ4n) is 1.99. The van der Waals surface area contributed by atoms with Gasteiger partial charge >= 0.3 is 0 Å². The van der Waals surface area contributed by atoms with Gasteiger partial charge in [-0.3, -0.25) is 0 Å². The zero-order valence-corrected chi connectivity index (χ0v) is 10.4. The van der Waals surface area contributed by atoms with E-state index in [4.69, 9.17) is 4.42 Å². The molecular formula is C11H10BrNOS. The lowest BCUT2D eigenvalue weighted by atomic mass is 10.0. The Morgan fingerprint density at radius 1 is 1.40 bits per heavy atom. The summed E-state index contributed by atoms with van der Waals surface area (Å²) in [6, 6.07) is 6.63. The van der Waals surface area contributed by atoms with Crippen LogP contribution in [0.4, 0.5) is 0 Å². The number of hydrogen-bond acceptors (Lipinski definition) is 3. The SMILES string of the molecule is Brc1ccc(C2NCCc3occc32)s1. The van der Waals surface area contributed by atoms with Crippen LogP contribution in [0.25, 0.3) is 0 Å². The zero-order chi connectivity index (χ0) is 10.3. The van der Waals surface area contributed by atoms with Gasteiger partial charge in [0.25, 0.3) is 0 Å². The maximum atomic E-state index is 5.47. The second kappa shape index (κ2) is 3.77. The highest BCUT2D eigenvalue weighted by Crippen LogP contribution is 2.34. The Labute approximate surface area is 100 Å². The summed E-state index contributed by atoms with van der Waals surface area (Å²) in [6.45, 7) is 0.987. The van der Waals surface area contributed by atoms with Crippen molar-refractivity contribution in [3.63, 3.8) is 0 Å². The van der Waals surface area contributed by atoms with E-state index in [1.54, 1.807) is 17.6 Å². The third-order valence-corrected chi connectivity index (χ3v) is 4.36. The van der Waals surface area contributed by atoms with Crippen LogP contribution in [0.1, 0.15) is 22.2 Å². The number of thiophene rings is 1. The summed E-state index contributed by atoms with van der Waals surface area (Å²) in [7, 11) is 0. The second-order valence-electron chi connectivity index (χ2n) is 3.58. The summed E-state index contributed by atoms with van der Waals surface area (Å²) in [5.74, 6) is 1.13. The molecule has 0 fully saturated rings. The van der Waals surface area contributed by atoms with E-state index in [1.165, 1.54) is 14.2 Å². The van der Waals surface area contributed by atoms with Crippen molar-refractivity contribution in [2.75, 3.05) is 6.54 Å². The van der Waals surface area contributed by atoms with Gasteiger partial charge in [0.1, 0.15) is 5.76 Å². The van der Waals surface area contributed by atoms with Gasteiger partial charge in [-0.15, -0.1) is 11.3 Å². The van der Waals surface area contributed by atoms with Crippen LogP contribution in [-0.4, -0.2) is 6.54 Å². The summed E-state index contributed by atoms with van der Waals surface area (Å²) < 4.78 is 6.64. The van der Waals surface area contributed by atoms with E-state index in [9.17, 15) is 0 Å². The van der Waals surface area contributed by atoms with Gasteiger partial charge in [0, 0.05) is 23.4 Å². The maximum absolute atomic E-state index is 5.47. The molecule has 1 N–H and O–H groups in total. The van der Waals surface area contributed by atoms with Crippen LogP contribution in [0.2, 0.25) is 0 Å². The number of fused-ring (bicyclic) bond motifs is 1. The molecule has 0 bridgehead atoms. The fraction of sp³-hybridized carbons (Fsp3) is 0.273. The van der Waals surface area contributed by atoms with Crippen LogP contribution in [-0.2, 0) is 6.42 Å². The molecule has 0 amide bonds. The van der Waals surface area contributed by atoms with Crippen molar-refractivity contribution >= 4 is 27.3 Å². The Morgan fingerprint density at radius 3 is 3.13 bits per heavy atom. The van der Waals surface area contributed by atoms with Crippen LogP contribution in [0.5, 0.6) is 0 Å². The minimum atomic E-state index is 0.309. The molecule has 2 aromatic heterocycles. The summed E-state index contributed by atoms with van der Waals surface area (Å²) >= 11 is 5.27. The van der Waals surface area contributed by atoms with Crippen LogP contribution in [0, 0.1) is 0 Å². The minimum Gasteiger partial charge on any atom is -0.469 e. The van der Waals surface area contributed by atoms with Crippen molar-refractivity contribution < 1.29 is 4.42 Å². The number of rotatable bonds is 1. The smallest absolute Gasteiger partial charge is 0.110 e. The topological polar surface area (TPSA) is 25.2 Å². The van der Waals surface area contributed by atoms with Gasteiger partial charge in [0.2, 0.25) is 0 Å². The van der Waals surface area contributed by atoms with E-state index < -0.39 is 0 Å². The molecule has 1 atom stereocenters. The lowest BCUT2D eigenvalue weighted by molar-refractivity contribution is 0.458. The number of halogens is 1. The average molecular weight is 284 g/mol. The lowest BCUT2D eigenvalue weighted by Gasteiger charge is -2.22. The Kier molecular flexibility index (Phi) is 2.42. The van der Waals surface area contributed by atoms with E-state index in [-0.39, 0.29) is 0 Å². The van der Waals surface area contributed by atoms with Crippen molar-refractivity contribution in [1.29, 1.82) is 0 Å². The first kappa shape index (κ1) is 9.63. The molecule has 3 rings (SSSR count). The van der Waals surface area contributed by atoms with Crippen molar-refractivity contribution in [1.82, 2.24) is 5.32 Å². The van der Waals surface area contributed by atoms with Gasteiger partial charge in [-0.1, -0.05) is 0 Å². The standard InChI is InChI=1S/C11H10BrNOS/c12-10-2-1-9(15-10)11-7-4-6-14-8(7)3-5-13-11/h1-2,4,6,11,13H,3,5H2. The van der Waals surface area contributed by atoms with Gasteiger partial charge < -0.3 is 9.73 Å². The molecule has 2 aromatic rings. The van der Waals surface area contributed by atoms with E-state index in [0.717, 1.165) is 18.7 Å². The van der Waals surface area contributed by atoms with E-state index in [1.807, 2.05) is 0 Å². The molecule has 0 radical (unpaired) electrons. The van der Waals surface area contributed by atoms with Gasteiger partial charge in [-0.25, -0.2) is 0 Å². The summed E-state index contributed by atoms with van der Waals surface area (Å²) in [5.41, 5.74) is 1.29. The van der Waals surface area contributed by atoms with Crippen LogP contribution in [0.15, 0.2) is 32.7 Å². The molecule has 1 aliphatic heterocycles. The highest BCUT2D eigenvalue weighted by molar-refractivity contribution is 9.11. The van der Waals surface area contributed by atoms with Crippen molar-refractivity contribution in [2.45, 2.75) is 12.5 Å². The van der Waals surface area contributed by atoms with Crippen molar-refractivity contribution in [3.8, 4) is 0 Å². The lowest BCUT2D eigenvalue weighted by Crippen LogP contribution is -2.28. The number of hydrogen-bond donors (Lipinski definition) is 1. The van der Waals surface area contributed by atoms with Crippen molar-refractivity contribution in [3.05, 3.63) is 44.4 Å². The first-order valence-electron chi connectivity index (χ1n) is 4.89. The minimum absolute atomic E-state index is 0.309. The molecule has 15 heavy (non-hydrogen) atoms. The second-order valence-corrected chi connectivity index (χ2v) is 6.07.